The van der Waals surface area contributed by atoms with Gasteiger partial charge in [-0.05, 0) is 26.7 Å². The van der Waals surface area contributed by atoms with E-state index in [4.69, 9.17) is 185 Å². The van der Waals surface area contributed by atoms with E-state index in [2.05, 4.69) is 6.92 Å². The lowest BCUT2D eigenvalue weighted by atomic mass is 10.0. The molecule has 0 saturated carbocycles. The summed E-state index contributed by atoms with van der Waals surface area (Å²) in [4.78, 5) is 23.2. The van der Waals surface area contributed by atoms with Crippen molar-refractivity contribution in [3.63, 3.8) is 0 Å². The monoisotopic (exact) mass is 2070 g/mol. The molecule has 0 aromatic heterocycles. The molecule has 0 bridgehead atoms. The molecule has 1 atom stereocenters. The summed E-state index contributed by atoms with van der Waals surface area (Å²) < 4.78 is 216. The third-order valence-electron chi connectivity index (χ3n) is 19.6. The number of Topliss-reactive ketones (excluding diaryl/α,β-unsaturated/α-hetero) is 1. The molecular weight excluding hydrogens is 1870 g/mol. The van der Waals surface area contributed by atoms with Gasteiger partial charge in [0.15, 0.2) is 0 Å². The average molecular weight is 2070 g/mol. The number of rotatable bonds is 135. The minimum atomic E-state index is -0.252. The fraction of sp³-hybridized carbons (Fsp3) is 0.980. The van der Waals surface area contributed by atoms with Crippen LogP contribution in [-0.2, 0) is 194 Å². The van der Waals surface area contributed by atoms with E-state index in [0.717, 1.165) is 12.8 Å². The molecule has 0 radical (unpaired) electrons. The predicted molar refractivity (Wildman–Crippen MR) is 531 cm³/mol. The Morgan fingerprint density at radius 1 is 0.148 bits per heavy atom. The summed E-state index contributed by atoms with van der Waals surface area (Å²) in [5.74, 6) is -0.134. The number of carbonyl (C=O) groups excluding carboxylic acids is 2. The van der Waals surface area contributed by atoms with Crippen LogP contribution >= 0.6 is 0 Å². The van der Waals surface area contributed by atoms with Crippen LogP contribution in [0.3, 0.4) is 0 Å². The van der Waals surface area contributed by atoms with Crippen molar-refractivity contribution in [2.75, 3.05) is 502 Å². The zero-order valence-corrected chi connectivity index (χ0v) is 88.5. The van der Waals surface area contributed by atoms with E-state index in [-0.39, 0.29) is 24.5 Å². The fourth-order valence-corrected chi connectivity index (χ4v) is 11.9. The van der Waals surface area contributed by atoms with Crippen molar-refractivity contribution in [2.24, 2.45) is 0 Å². The topological polar surface area (TPSA) is 394 Å². The molecule has 41 heteroatoms. The van der Waals surface area contributed by atoms with Crippen LogP contribution in [0.15, 0.2) is 0 Å². The molecule has 0 spiro atoms. The molecule has 0 aliphatic carbocycles. The first-order valence-corrected chi connectivity index (χ1v) is 53.2. The van der Waals surface area contributed by atoms with Gasteiger partial charge in [-0.2, -0.15) is 0 Å². The second-order valence-corrected chi connectivity index (χ2v) is 31.7. The Labute approximate surface area is 853 Å². The van der Waals surface area contributed by atoms with Crippen LogP contribution in [0.1, 0.15) is 143 Å². The van der Waals surface area contributed by atoms with Crippen molar-refractivity contribution >= 4 is 11.8 Å². The summed E-state index contributed by atoms with van der Waals surface area (Å²) >= 11 is 0. The first-order chi connectivity index (χ1) is 70.6. The van der Waals surface area contributed by atoms with Crippen LogP contribution in [0.5, 0.6) is 0 Å². The van der Waals surface area contributed by atoms with E-state index < -0.39 is 0 Å². The zero-order chi connectivity index (χ0) is 101. The van der Waals surface area contributed by atoms with E-state index in [9.17, 15) is 9.59 Å². The maximum absolute atomic E-state index is 12.4. The van der Waals surface area contributed by atoms with E-state index >= 15 is 0 Å². The molecule has 0 aromatic rings. The average Bonchev–Trinajstić information content (AvgIpc) is 0.974. The molecule has 0 amide bonds. The van der Waals surface area contributed by atoms with Crippen molar-refractivity contribution in [3.05, 3.63) is 0 Å². The Morgan fingerprint density at radius 3 is 0.451 bits per heavy atom. The summed E-state index contributed by atoms with van der Waals surface area (Å²) in [6.07, 6.45) is 22.4. The van der Waals surface area contributed by atoms with Gasteiger partial charge in [0.25, 0.3) is 0 Å². The molecule has 0 fully saturated rings. The van der Waals surface area contributed by atoms with Crippen molar-refractivity contribution in [2.45, 2.75) is 149 Å². The predicted octanol–water partition coefficient (Wildman–Crippen LogP) is 8.57. The Balaban J connectivity index is 3.18. The van der Waals surface area contributed by atoms with Gasteiger partial charge in [-0.15, -0.1) is 0 Å². The lowest BCUT2D eigenvalue weighted by Gasteiger charge is -2.18. The molecular formula is C101H200O41. The largest absolute Gasteiger partial charge is 0.463 e. The molecule has 0 N–H and O–H groups in total. The SMILES string of the molecule is CCCCCCCCCCCCCCCCCCO[C@H](COCC)COC(=O)CCCOCCOCCOCCOCCOCCOCCOCCOCCOCCOCCOCCOCCOCCOCCOCCOCCOCCOCCOCCOCCOCCOCCOCCOCCOCCOCCOCCOCCOCCOCCOCCOCCOCCOCCOCCOCCC(C)=O. The van der Waals surface area contributed by atoms with Crippen LogP contribution < -0.4 is 0 Å². The number of esters is 1. The Bertz CT molecular complexity index is 2220. The number of ether oxygens (including phenoxy) is 39. The second kappa shape index (κ2) is 133. The Kier molecular flexibility index (Phi) is 131. The van der Waals surface area contributed by atoms with Gasteiger partial charge in [-0.3, -0.25) is 9.59 Å². The van der Waals surface area contributed by atoms with E-state index in [1.54, 1.807) is 6.92 Å². The number of hydrogen-bond acceptors (Lipinski definition) is 41. The van der Waals surface area contributed by atoms with E-state index in [1.165, 1.54) is 89.9 Å². The van der Waals surface area contributed by atoms with Gasteiger partial charge >= 0.3 is 5.97 Å². The molecule has 0 aromatic carbocycles. The van der Waals surface area contributed by atoms with E-state index in [0.29, 0.717) is 515 Å². The lowest BCUT2D eigenvalue weighted by Crippen LogP contribution is -2.27. The summed E-state index contributed by atoms with van der Waals surface area (Å²) in [7, 11) is 0. The standard InChI is InChI=1S/C101H200O41/c1-4-6-7-8-9-10-11-12-13-14-15-16-17-18-19-20-25-141-100(97-104-5-2)98-142-101(103)22-21-24-105-27-29-107-31-33-109-35-37-111-39-41-113-43-45-115-47-49-117-51-53-119-55-57-121-59-61-123-63-65-125-67-69-127-71-73-129-75-77-131-79-81-133-83-85-135-87-89-137-91-93-139-95-96-140-94-92-138-90-88-136-86-84-134-82-80-132-78-76-130-74-72-128-70-68-126-66-64-124-62-60-122-58-56-120-54-52-118-50-48-116-46-44-114-42-40-112-38-36-110-34-32-108-30-28-106-26-23-99(3)102/h100H,4-98H2,1-3H3/t100-/m1/s1. The summed E-state index contributed by atoms with van der Waals surface area (Å²) in [5, 5.41) is 0. The summed E-state index contributed by atoms with van der Waals surface area (Å²) in [6, 6.07) is 0. The van der Waals surface area contributed by atoms with Gasteiger partial charge in [0.1, 0.15) is 18.5 Å². The maximum Gasteiger partial charge on any atom is 0.305 e. The summed E-state index contributed by atoms with van der Waals surface area (Å²) in [6.45, 7) is 41.7. The highest BCUT2D eigenvalue weighted by Crippen LogP contribution is 2.15. The van der Waals surface area contributed by atoms with Crippen molar-refractivity contribution in [1.82, 2.24) is 0 Å². The van der Waals surface area contributed by atoms with Gasteiger partial charge < -0.3 is 185 Å². The van der Waals surface area contributed by atoms with Crippen LogP contribution in [0.2, 0.25) is 0 Å². The van der Waals surface area contributed by atoms with Crippen molar-refractivity contribution in [1.29, 1.82) is 0 Å². The van der Waals surface area contributed by atoms with Crippen LogP contribution in [0.25, 0.3) is 0 Å². The Morgan fingerprint density at radius 2 is 0.296 bits per heavy atom. The fourth-order valence-electron chi connectivity index (χ4n) is 11.9. The van der Waals surface area contributed by atoms with Gasteiger partial charge in [0.2, 0.25) is 0 Å². The number of hydrogen-bond donors (Lipinski definition) is 0. The highest BCUT2D eigenvalue weighted by molar-refractivity contribution is 5.75. The van der Waals surface area contributed by atoms with E-state index in [1.807, 2.05) is 6.92 Å². The highest BCUT2D eigenvalue weighted by atomic mass is 16.6. The molecule has 0 aliphatic heterocycles. The number of carbonyl (C=O) groups is 2. The molecule has 41 nitrogen and oxygen atoms in total. The quantitative estimate of drug-likeness (QED) is 0.0406. The van der Waals surface area contributed by atoms with Crippen molar-refractivity contribution < 1.29 is 194 Å². The Hall–Kier alpha value is -2.38. The smallest absolute Gasteiger partial charge is 0.305 e. The molecule has 0 aliphatic rings. The zero-order valence-electron chi connectivity index (χ0n) is 88.5. The van der Waals surface area contributed by atoms with Crippen molar-refractivity contribution in [3.8, 4) is 0 Å². The van der Waals surface area contributed by atoms with Crippen LogP contribution in [0, 0.1) is 0 Å². The van der Waals surface area contributed by atoms with Gasteiger partial charge in [0.05, 0.1) is 476 Å². The third kappa shape index (κ3) is 132. The van der Waals surface area contributed by atoms with Crippen LogP contribution in [-0.4, -0.2) is 520 Å². The summed E-state index contributed by atoms with van der Waals surface area (Å²) in [5.41, 5.74) is 0. The normalized spacial score (nSPS) is 12.0. The molecule has 0 heterocycles. The second-order valence-electron chi connectivity index (χ2n) is 31.7. The minimum absolute atomic E-state index is 0.118. The number of ketones is 1. The molecule has 0 saturated heterocycles. The number of unbranched alkanes of at least 4 members (excludes halogenated alkanes) is 15. The molecule has 0 unspecified atom stereocenters. The van der Waals surface area contributed by atoms with Crippen LogP contribution in [0.4, 0.5) is 0 Å². The molecule has 850 valence electrons. The lowest BCUT2D eigenvalue weighted by molar-refractivity contribution is -0.150. The van der Waals surface area contributed by atoms with Gasteiger partial charge in [-0.25, -0.2) is 0 Å². The van der Waals surface area contributed by atoms with Gasteiger partial charge in [-0.1, -0.05) is 103 Å². The molecule has 0 rings (SSSR count). The molecule has 142 heavy (non-hydrogen) atoms. The highest BCUT2D eigenvalue weighted by Gasteiger charge is 2.15. The van der Waals surface area contributed by atoms with Gasteiger partial charge in [0, 0.05) is 32.7 Å². The first kappa shape index (κ1) is 140. The third-order valence-corrected chi connectivity index (χ3v) is 19.6. The minimum Gasteiger partial charge on any atom is -0.463 e. The maximum atomic E-state index is 12.4. The first-order valence-electron chi connectivity index (χ1n) is 53.2.